The predicted octanol–water partition coefficient (Wildman–Crippen LogP) is 1.70. The number of piperidine rings is 1. The van der Waals surface area contributed by atoms with Crippen LogP contribution in [0.1, 0.15) is 48.8 Å². The van der Waals surface area contributed by atoms with Gasteiger partial charge < -0.3 is 0 Å². The monoisotopic (exact) mass is 276 g/mol. The average Bonchev–Trinajstić information content (AvgIpc) is 2.49. The van der Waals surface area contributed by atoms with E-state index < -0.39 is 0 Å². The molecule has 1 saturated heterocycles. The van der Waals surface area contributed by atoms with Gasteiger partial charge in [0.05, 0.1) is 5.69 Å². The Morgan fingerprint density at radius 1 is 1.45 bits per heavy atom. The third-order valence-corrected chi connectivity index (χ3v) is 3.96. The zero-order chi connectivity index (χ0) is 14.4. The number of nitrogens with one attached hydrogen (secondary N) is 1. The number of nitrogen functional groups attached to an aromatic ring is 1. The molecule has 2 heterocycles. The quantitative estimate of drug-likeness (QED) is 0.488. The Balaban J connectivity index is 1.89. The summed E-state index contributed by atoms with van der Waals surface area (Å²) in [5, 5.41) is 0. The van der Waals surface area contributed by atoms with Crippen LogP contribution in [0.3, 0.4) is 0 Å². The molecule has 110 valence electrons. The first-order valence-electron chi connectivity index (χ1n) is 7.42. The molecule has 1 fully saturated rings. The van der Waals surface area contributed by atoms with Gasteiger partial charge in [0.15, 0.2) is 0 Å². The normalized spacial score (nSPS) is 17.1. The van der Waals surface area contributed by atoms with Crippen LogP contribution in [0, 0.1) is 5.92 Å². The van der Waals surface area contributed by atoms with Gasteiger partial charge in [-0.25, -0.2) is 10.8 Å². The van der Waals surface area contributed by atoms with Gasteiger partial charge in [-0.05, 0) is 44.0 Å². The summed E-state index contributed by atoms with van der Waals surface area (Å²) in [7, 11) is 0. The molecule has 5 heteroatoms. The maximum absolute atomic E-state index is 11.5. The fourth-order valence-corrected chi connectivity index (χ4v) is 2.84. The van der Waals surface area contributed by atoms with Gasteiger partial charge in [0.1, 0.15) is 5.69 Å². The Labute approximate surface area is 120 Å². The van der Waals surface area contributed by atoms with Crippen LogP contribution >= 0.6 is 0 Å². The molecule has 0 radical (unpaired) electrons. The van der Waals surface area contributed by atoms with Crippen molar-refractivity contribution in [2.75, 3.05) is 13.1 Å². The SMILES string of the molecule is CCCC1CCN(Cc2cccc(C(=O)NN)n2)CC1. The van der Waals surface area contributed by atoms with Crippen molar-refractivity contribution in [1.29, 1.82) is 0 Å². The summed E-state index contributed by atoms with van der Waals surface area (Å²) >= 11 is 0. The number of aromatic nitrogens is 1. The number of carbonyl (C=O) groups is 1. The van der Waals surface area contributed by atoms with Crippen molar-refractivity contribution >= 4 is 5.91 Å². The van der Waals surface area contributed by atoms with Crippen molar-refractivity contribution in [2.24, 2.45) is 11.8 Å². The molecule has 0 aromatic carbocycles. The van der Waals surface area contributed by atoms with Crippen molar-refractivity contribution in [1.82, 2.24) is 15.3 Å². The lowest BCUT2D eigenvalue weighted by molar-refractivity contribution is 0.0948. The summed E-state index contributed by atoms with van der Waals surface area (Å²) in [6, 6.07) is 5.50. The number of pyridine rings is 1. The Bertz CT molecular complexity index is 441. The fraction of sp³-hybridized carbons (Fsp3) is 0.600. The number of hydrogen-bond acceptors (Lipinski definition) is 4. The number of hydrazine groups is 1. The highest BCUT2D eigenvalue weighted by Gasteiger charge is 2.19. The topological polar surface area (TPSA) is 71.2 Å². The van der Waals surface area contributed by atoms with E-state index in [2.05, 4.69) is 22.2 Å². The van der Waals surface area contributed by atoms with Crippen LogP contribution in [0.2, 0.25) is 0 Å². The van der Waals surface area contributed by atoms with Gasteiger partial charge in [0.2, 0.25) is 0 Å². The van der Waals surface area contributed by atoms with Gasteiger partial charge in [-0.1, -0.05) is 25.8 Å². The molecule has 0 spiro atoms. The van der Waals surface area contributed by atoms with Crippen LogP contribution in [0.4, 0.5) is 0 Å². The molecule has 3 N–H and O–H groups in total. The summed E-state index contributed by atoms with van der Waals surface area (Å²) in [5.74, 6) is 5.68. The van der Waals surface area contributed by atoms with E-state index >= 15 is 0 Å². The molecule has 2 rings (SSSR count). The lowest BCUT2D eigenvalue weighted by Crippen LogP contribution is -2.34. The number of nitrogens with zero attached hydrogens (tertiary/aromatic N) is 2. The summed E-state index contributed by atoms with van der Waals surface area (Å²) in [6.45, 7) is 5.31. The average molecular weight is 276 g/mol. The highest BCUT2D eigenvalue weighted by atomic mass is 16.2. The third kappa shape index (κ3) is 4.02. The largest absolute Gasteiger partial charge is 0.297 e. The maximum atomic E-state index is 11.5. The predicted molar refractivity (Wildman–Crippen MR) is 78.8 cm³/mol. The summed E-state index contributed by atoms with van der Waals surface area (Å²) < 4.78 is 0. The molecule has 0 bridgehead atoms. The minimum atomic E-state index is -0.339. The molecule has 5 nitrogen and oxygen atoms in total. The molecule has 1 amide bonds. The van der Waals surface area contributed by atoms with E-state index in [0.717, 1.165) is 31.2 Å². The highest BCUT2D eigenvalue weighted by Crippen LogP contribution is 2.22. The summed E-state index contributed by atoms with van der Waals surface area (Å²) in [5.41, 5.74) is 3.43. The molecule has 1 aromatic heterocycles. The number of hydrogen-bond donors (Lipinski definition) is 2. The lowest BCUT2D eigenvalue weighted by Gasteiger charge is -2.31. The van der Waals surface area contributed by atoms with E-state index in [9.17, 15) is 4.79 Å². The van der Waals surface area contributed by atoms with Gasteiger partial charge in [0, 0.05) is 6.54 Å². The van der Waals surface area contributed by atoms with Crippen molar-refractivity contribution < 1.29 is 4.79 Å². The van der Waals surface area contributed by atoms with Crippen molar-refractivity contribution in [3.05, 3.63) is 29.6 Å². The van der Waals surface area contributed by atoms with Crippen LogP contribution in [-0.2, 0) is 6.54 Å². The van der Waals surface area contributed by atoms with Crippen molar-refractivity contribution in [2.45, 2.75) is 39.2 Å². The minimum absolute atomic E-state index is 0.339. The van der Waals surface area contributed by atoms with E-state index in [1.54, 1.807) is 6.07 Å². The van der Waals surface area contributed by atoms with E-state index in [0.29, 0.717) is 5.69 Å². The first-order valence-corrected chi connectivity index (χ1v) is 7.42. The van der Waals surface area contributed by atoms with Gasteiger partial charge >= 0.3 is 0 Å². The molecule has 0 atom stereocenters. The standard InChI is InChI=1S/C15H24N4O/c1-2-4-12-7-9-19(10-8-12)11-13-5-3-6-14(17-13)15(20)18-16/h3,5-6,12H,2,4,7-11,16H2,1H3,(H,18,20). The molecular weight excluding hydrogens is 252 g/mol. The zero-order valence-electron chi connectivity index (χ0n) is 12.1. The van der Waals surface area contributed by atoms with Crippen LogP contribution in [0.25, 0.3) is 0 Å². The first-order chi connectivity index (χ1) is 9.72. The number of nitrogens with two attached hydrogens (primary N) is 1. The number of amides is 1. The molecule has 20 heavy (non-hydrogen) atoms. The van der Waals surface area contributed by atoms with Gasteiger partial charge in [-0.3, -0.25) is 15.1 Å². The van der Waals surface area contributed by atoms with Crippen LogP contribution in [0.15, 0.2) is 18.2 Å². The minimum Gasteiger partial charge on any atom is -0.297 e. The van der Waals surface area contributed by atoms with E-state index in [1.165, 1.54) is 25.7 Å². The van der Waals surface area contributed by atoms with Crippen LogP contribution in [-0.4, -0.2) is 28.9 Å². The summed E-state index contributed by atoms with van der Waals surface area (Å²) in [4.78, 5) is 18.2. The fourth-order valence-electron chi connectivity index (χ4n) is 2.84. The van der Waals surface area contributed by atoms with E-state index in [-0.39, 0.29) is 5.91 Å². The molecular formula is C15H24N4O. The van der Waals surface area contributed by atoms with Gasteiger partial charge in [-0.15, -0.1) is 0 Å². The first kappa shape index (κ1) is 14.9. The number of rotatable bonds is 5. The van der Waals surface area contributed by atoms with E-state index in [4.69, 9.17) is 5.84 Å². The second kappa shape index (κ2) is 7.36. The lowest BCUT2D eigenvalue weighted by atomic mass is 9.92. The Morgan fingerprint density at radius 3 is 2.85 bits per heavy atom. The summed E-state index contributed by atoms with van der Waals surface area (Å²) in [6.07, 6.45) is 5.17. The van der Waals surface area contributed by atoms with Crippen molar-refractivity contribution in [3.63, 3.8) is 0 Å². The van der Waals surface area contributed by atoms with E-state index in [1.807, 2.05) is 12.1 Å². The highest BCUT2D eigenvalue weighted by molar-refractivity contribution is 5.91. The zero-order valence-corrected chi connectivity index (χ0v) is 12.1. The Hall–Kier alpha value is -1.46. The molecule has 1 aliphatic heterocycles. The molecule has 0 aliphatic carbocycles. The number of likely N-dealkylation sites (tertiary alicyclic amines) is 1. The molecule has 1 aromatic rings. The molecule has 0 saturated carbocycles. The molecule has 0 unspecified atom stereocenters. The van der Waals surface area contributed by atoms with Crippen LogP contribution < -0.4 is 11.3 Å². The smallest absolute Gasteiger partial charge is 0.283 e. The second-order valence-corrected chi connectivity index (χ2v) is 5.50. The third-order valence-electron chi connectivity index (χ3n) is 3.96. The second-order valence-electron chi connectivity index (χ2n) is 5.50. The van der Waals surface area contributed by atoms with Gasteiger partial charge in [0.25, 0.3) is 5.91 Å². The Morgan fingerprint density at radius 2 is 2.20 bits per heavy atom. The molecule has 1 aliphatic rings. The number of carbonyl (C=O) groups excluding carboxylic acids is 1. The Kier molecular flexibility index (Phi) is 5.49. The maximum Gasteiger partial charge on any atom is 0.283 e. The van der Waals surface area contributed by atoms with Gasteiger partial charge in [-0.2, -0.15) is 0 Å². The van der Waals surface area contributed by atoms with Crippen molar-refractivity contribution in [3.8, 4) is 0 Å². The van der Waals surface area contributed by atoms with Crippen LogP contribution in [0.5, 0.6) is 0 Å².